The Bertz CT molecular complexity index is 579. The second-order valence-corrected chi connectivity index (χ2v) is 9.68. The fraction of sp³-hybridized carbons (Fsp3) is 0.760. The van der Waals surface area contributed by atoms with Crippen LogP contribution in [0.5, 0.6) is 5.75 Å². The molecule has 0 N–H and O–H groups in total. The number of hydrogen-bond donors (Lipinski definition) is 0. The highest BCUT2D eigenvalue weighted by Crippen LogP contribution is 2.57. The highest BCUT2D eigenvalue weighted by molar-refractivity contribution is 5.29. The van der Waals surface area contributed by atoms with Gasteiger partial charge >= 0.3 is 0 Å². The third-order valence-corrected chi connectivity index (χ3v) is 7.81. The molecule has 1 aromatic carbocycles. The van der Waals surface area contributed by atoms with Crippen molar-refractivity contribution in [3.8, 4) is 5.75 Å². The Morgan fingerprint density at radius 1 is 1.00 bits per heavy atom. The first kappa shape index (κ1) is 19.3. The summed E-state index contributed by atoms with van der Waals surface area (Å²) < 4.78 is 13.1. The summed E-state index contributed by atoms with van der Waals surface area (Å²) in [6, 6.07) is 8.81. The van der Waals surface area contributed by atoms with E-state index in [1.165, 1.54) is 76.2 Å². The molecular formula is C25H38O2. The Labute approximate surface area is 166 Å². The normalized spacial score (nSPS) is 30.4. The Balaban J connectivity index is 1.44. The lowest BCUT2D eigenvalue weighted by Gasteiger charge is -2.36. The molecule has 2 heteroatoms. The van der Waals surface area contributed by atoms with Crippen molar-refractivity contribution in [2.45, 2.75) is 96.7 Å². The molecule has 4 rings (SSSR count). The zero-order valence-electron chi connectivity index (χ0n) is 17.4. The van der Waals surface area contributed by atoms with Crippen LogP contribution in [0.25, 0.3) is 0 Å². The third-order valence-electron chi connectivity index (χ3n) is 7.81. The molecule has 2 bridgehead atoms. The second kappa shape index (κ2) is 8.55. The van der Waals surface area contributed by atoms with Crippen LogP contribution >= 0.6 is 0 Å². The fourth-order valence-corrected chi connectivity index (χ4v) is 5.71. The van der Waals surface area contributed by atoms with Gasteiger partial charge in [0.1, 0.15) is 5.75 Å². The number of ether oxygens (including phenoxy) is 2. The Morgan fingerprint density at radius 3 is 2.30 bits per heavy atom. The average Bonchev–Trinajstić information content (AvgIpc) is 3.34. The highest BCUT2D eigenvalue weighted by Gasteiger charge is 2.52. The maximum Gasteiger partial charge on any atom is 0.205 e. The van der Waals surface area contributed by atoms with E-state index in [1.54, 1.807) is 0 Å². The van der Waals surface area contributed by atoms with Gasteiger partial charge in [0.05, 0.1) is 6.61 Å². The molecule has 2 nitrogen and oxygen atoms in total. The summed E-state index contributed by atoms with van der Waals surface area (Å²) >= 11 is 0. The standard InChI is InChI=1S/C25H38O2/c1-3-19(2)22-9-11-23(12-10-22)27-24(25-15-13-20(17-25)14-16-25)26-18-21-7-5-4-6-8-21/h9-12,19-21,24H,3-8,13-18H2,1-2H3. The number of benzene rings is 1. The topological polar surface area (TPSA) is 18.5 Å². The first-order chi connectivity index (χ1) is 13.2. The lowest BCUT2D eigenvalue weighted by atomic mass is 9.83. The maximum absolute atomic E-state index is 6.57. The van der Waals surface area contributed by atoms with Gasteiger partial charge in [-0.05, 0) is 86.8 Å². The predicted molar refractivity (Wildman–Crippen MR) is 111 cm³/mol. The molecule has 3 aliphatic carbocycles. The van der Waals surface area contributed by atoms with E-state index in [9.17, 15) is 0 Å². The zero-order chi connectivity index (χ0) is 18.7. The van der Waals surface area contributed by atoms with Gasteiger partial charge in [-0.15, -0.1) is 0 Å². The lowest BCUT2D eigenvalue weighted by Crippen LogP contribution is -2.39. The van der Waals surface area contributed by atoms with Crippen LogP contribution in [0.4, 0.5) is 0 Å². The minimum Gasteiger partial charge on any atom is -0.464 e. The van der Waals surface area contributed by atoms with Crippen LogP contribution in [0, 0.1) is 17.3 Å². The molecular weight excluding hydrogens is 332 g/mol. The molecule has 0 spiro atoms. The van der Waals surface area contributed by atoms with Crippen molar-refractivity contribution in [3.05, 3.63) is 29.8 Å². The summed E-state index contributed by atoms with van der Waals surface area (Å²) in [5.41, 5.74) is 1.68. The molecule has 2 unspecified atom stereocenters. The molecule has 0 aliphatic heterocycles. The summed E-state index contributed by atoms with van der Waals surface area (Å²) in [6.07, 6.45) is 14.6. The van der Waals surface area contributed by atoms with Crippen LogP contribution in [0.3, 0.4) is 0 Å². The first-order valence-corrected chi connectivity index (χ1v) is 11.6. The molecule has 0 aromatic heterocycles. The van der Waals surface area contributed by atoms with Crippen molar-refractivity contribution in [1.29, 1.82) is 0 Å². The first-order valence-electron chi connectivity index (χ1n) is 11.6. The maximum atomic E-state index is 6.57. The van der Waals surface area contributed by atoms with Crippen LogP contribution < -0.4 is 4.74 Å². The average molecular weight is 371 g/mol. The molecule has 3 fully saturated rings. The van der Waals surface area contributed by atoms with Gasteiger partial charge in [-0.25, -0.2) is 0 Å². The van der Waals surface area contributed by atoms with Gasteiger partial charge in [0.2, 0.25) is 6.29 Å². The fourth-order valence-electron chi connectivity index (χ4n) is 5.71. The molecule has 3 saturated carbocycles. The summed E-state index contributed by atoms with van der Waals surface area (Å²) in [5, 5.41) is 0. The van der Waals surface area contributed by atoms with Gasteiger partial charge in [-0.1, -0.05) is 45.2 Å². The lowest BCUT2D eigenvalue weighted by molar-refractivity contribution is -0.164. The highest BCUT2D eigenvalue weighted by atomic mass is 16.7. The van der Waals surface area contributed by atoms with Crippen LogP contribution in [-0.4, -0.2) is 12.9 Å². The zero-order valence-corrected chi connectivity index (χ0v) is 17.4. The van der Waals surface area contributed by atoms with E-state index < -0.39 is 0 Å². The van der Waals surface area contributed by atoms with Crippen molar-refractivity contribution in [2.75, 3.05) is 6.61 Å². The van der Waals surface area contributed by atoms with Crippen molar-refractivity contribution >= 4 is 0 Å². The van der Waals surface area contributed by atoms with E-state index in [0.29, 0.717) is 5.92 Å². The van der Waals surface area contributed by atoms with Gasteiger partial charge in [0.15, 0.2) is 0 Å². The van der Waals surface area contributed by atoms with Gasteiger partial charge in [0.25, 0.3) is 0 Å². The molecule has 3 aliphatic rings. The third kappa shape index (κ3) is 4.36. The van der Waals surface area contributed by atoms with Gasteiger partial charge < -0.3 is 9.47 Å². The SMILES string of the molecule is CCC(C)c1ccc(OC(OCC2CCCCC2)C23CCC(CC2)C3)cc1. The van der Waals surface area contributed by atoms with Crippen molar-refractivity contribution < 1.29 is 9.47 Å². The largest absolute Gasteiger partial charge is 0.464 e. The van der Waals surface area contributed by atoms with E-state index in [-0.39, 0.29) is 11.7 Å². The predicted octanol–water partition coefficient (Wildman–Crippen LogP) is 7.08. The minimum atomic E-state index is -0.0543. The molecule has 0 saturated heterocycles. The Kier molecular flexibility index (Phi) is 6.12. The molecule has 0 radical (unpaired) electrons. The molecule has 150 valence electrons. The molecule has 0 heterocycles. The summed E-state index contributed by atoms with van der Waals surface area (Å²) in [5.74, 6) is 3.26. The minimum absolute atomic E-state index is 0.0543. The van der Waals surface area contributed by atoms with Crippen molar-refractivity contribution in [2.24, 2.45) is 17.3 Å². The smallest absolute Gasteiger partial charge is 0.205 e. The Morgan fingerprint density at radius 2 is 1.70 bits per heavy atom. The molecule has 27 heavy (non-hydrogen) atoms. The van der Waals surface area contributed by atoms with Crippen LogP contribution in [0.15, 0.2) is 24.3 Å². The number of rotatable bonds is 8. The van der Waals surface area contributed by atoms with Crippen molar-refractivity contribution in [3.63, 3.8) is 0 Å². The molecule has 2 atom stereocenters. The monoisotopic (exact) mass is 370 g/mol. The van der Waals surface area contributed by atoms with Crippen LogP contribution in [-0.2, 0) is 4.74 Å². The van der Waals surface area contributed by atoms with E-state index in [0.717, 1.165) is 24.2 Å². The summed E-state index contributed by atoms with van der Waals surface area (Å²) in [7, 11) is 0. The van der Waals surface area contributed by atoms with E-state index in [4.69, 9.17) is 9.47 Å². The number of hydrogen-bond acceptors (Lipinski definition) is 2. The van der Waals surface area contributed by atoms with Crippen molar-refractivity contribution in [1.82, 2.24) is 0 Å². The van der Waals surface area contributed by atoms with E-state index in [2.05, 4.69) is 38.1 Å². The quantitative estimate of drug-likeness (QED) is 0.455. The van der Waals surface area contributed by atoms with E-state index in [1.807, 2.05) is 0 Å². The second-order valence-electron chi connectivity index (χ2n) is 9.68. The Hall–Kier alpha value is -1.02. The van der Waals surface area contributed by atoms with Gasteiger partial charge in [-0.2, -0.15) is 0 Å². The van der Waals surface area contributed by atoms with Gasteiger partial charge in [0, 0.05) is 5.41 Å². The molecule has 0 amide bonds. The van der Waals surface area contributed by atoms with E-state index >= 15 is 0 Å². The van der Waals surface area contributed by atoms with Crippen LogP contribution in [0.1, 0.15) is 96.0 Å². The summed E-state index contributed by atoms with van der Waals surface area (Å²) in [6.45, 7) is 5.43. The molecule has 1 aromatic rings. The number of fused-ring (bicyclic) bond motifs is 2. The van der Waals surface area contributed by atoms with Crippen LogP contribution in [0.2, 0.25) is 0 Å². The van der Waals surface area contributed by atoms with Gasteiger partial charge in [-0.3, -0.25) is 0 Å². The summed E-state index contributed by atoms with van der Waals surface area (Å²) in [4.78, 5) is 0.